The fourth-order valence-corrected chi connectivity index (χ4v) is 3.30. The molecule has 1 atom stereocenters. The smallest absolute Gasteiger partial charge is 0.415 e. The summed E-state index contributed by atoms with van der Waals surface area (Å²) in [5.74, 6) is -0.650. The SMILES string of the molecule is C[C@H](COCc1ccc(F)c(N)c1)NC(=O)c1cnn2c(N(C)C(=O)OC(C)(C)C)cc(Cl)nc12. The number of nitrogens with two attached hydrogens (primary N) is 1. The molecule has 0 aliphatic carbocycles. The van der Waals surface area contributed by atoms with Gasteiger partial charge in [-0.15, -0.1) is 0 Å². The molecule has 12 heteroatoms. The van der Waals surface area contributed by atoms with Gasteiger partial charge in [-0.2, -0.15) is 9.61 Å². The van der Waals surface area contributed by atoms with Gasteiger partial charge in [0.2, 0.25) is 0 Å². The van der Waals surface area contributed by atoms with Crippen molar-refractivity contribution in [1.29, 1.82) is 0 Å². The third kappa shape index (κ3) is 6.58. The van der Waals surface area contributed by atoms with Gasteiger partial charge in [0.05, 0.1) is 25.1 Å². The van der Waals surface area contributed by atoms with Crippen molar-refractivity contribution < 1.29 is 23.5 Å². The molecular weight excluding hydrogens is 479 g/mol. The predicted molar refractivity (Wildman–Crippen MR) is 130 cm³/mol. The molecule has 3 N–H and O–H groups in total. The van der Waals surface area contributed by atoms with Gasteiger partial charge in [-0.1, -0.05) is 17.7 Å². The second-order valence-electron chi connectivity index (χ2n) is 9.02. The molecule has 0 radical (unpaired) electrons. The Morgan fingerprint density at radius 3 is 2.69 bits per heavy atom. The maximum absolute atomic E-state index is 13.3. The Morgan fingerprint density at radius 2 is 2.03 bits per heavy atom. The Bertz CT molecular complexity index is 1240. The molecular formula is C23H28ClFN6O4. The van der Waals surface area contributed by atoms with Crippen LogP contribution < -0.4 is 16.0 Å². The van der Waals surface area contributed by atoms with E-state index in [0.29, 0.717) is 5.56 Å². The second-order valence-corrected chi connectivity index (χ2v) is 9.40. The summed E-state index contributed by atoms with van der Waals surface area (Å²) in [6, 6.07) is 5.44. The lowest BCUT2D eigenvalue weighted by molar-refractivity contribution is 0.0587. The third-order valence-corrected chi connectivity index (χ3v) is 4.95. The van der Waals surface area contributed by atoms with E-state index in [1.165, 1.54) is 40.9 Å². The van der Waals surface area contributed by atoms with Crippen LogP contribution >= 0.6 is 11.6 Å². The Balaban J connectivity index is 1.69. The molecule has 1 aromatic carbocycles. The highest BCUT2D eigenvalue weighted by Crippen LogP contribution is 2.23. The number of hydrogen-bond donors (Lipinski definition) is 2. The van der Waals surface area contributed by atoms with Crippen molar-refractivity contribution in [2.45, 2.75) is 45.9 Å². The molecule has 0 unspecified atom stereocenters. The van der Waals surface area contributed by atoms with E-state index in [-0.39, 0.29) is 47.1 Å². The summed E-state index contributed by atoms with van der Waals surface area (Å²) >= 11 is 6.18. The number of fused-ring (bicyclic) bond motifs is 1. The van der Waals surface area contributed by atoms with Gasteiger partial charge in [-0.3, -0.25) is 9.69 Å². The largest absolute Gasteiger partial charge is 0.443 e. The van der Waals surface area contributed by atoms with Gasteiger partial charge in [0, 0.05) is 19.2 Å². The number of carbonyl (C=O) groups excluding carboxylic acids is 2. The van der Waals surface area contributed by atoms with E-state index in [0.717, 1.165) is 0 Å². The van der Waals surface area contributed by atoms with Gasteiger partial charge in [0.15, 0.2) is 5.65 Å². The number of rotatable bonds is 7. The topological polar surface area (TPSA) is 124 Å². The number of nitrogens with one attached hydrogen (secondary N) is 1. The number of halogens is 2. The minimum Gasteiger partial charge on any atom is -0.443 e. The van der Waals surface area contributed by atoms with E-state index in [9.17, 15) is 14.0 Å². The van der Waals surface area contributed by atoms with Crippen molar-refractivity contribution in [2.24, 2.45) is 0 Å². The average Bonchev–Trinajstić information content (AvgIpc) is 3.17. The van der Waals surface area contributed by atoms with Crippen molar-refractivity contribution in [3.05, 3.63) is 52.6 Å². The van der Waals surface area contributed by atoms with Crippen molar-refractivity contribution in [3.63, 3.8) is 0 Å². The van der Waals surface area contributed by atoms with Gasteiger partial charge < -0.3 is 20.5 Å². The zero-order valence-corrected chi connectivity index (χ0v) is 20.9. The third-order valence-electron chi connectivity index (χ3n) is 4.75. The summed E-state index contributed by atoms with van der Waals surface area (Å²) in [4.78, 5) is 30.9. The standard InChI is InChI=1S/C23H28ClFN6O4/c1-13(11-34-12-14-6-7-16(25)17(26)8-14)28-21(32)15-10-27-31-19(9-18(24)29-20(15)31)30(5)22(33)35-23(2,3)4/h6-10,13H,11-12,26H2,1-5H3,(H,28,32)/t13-/m1/s1. The summed E-state index contributed by atoms with van der Waals surface area (Å²) in [6.45, 7) is 7.44. The first-order valence-electron chi connectivity index (χ1n) is 10.8. The number of amides is 2. The molecule has 2 amide bonds. The van der Waals surface area contributed by atoms with Crippen LogP contribution in [-0.2, 0) is 16.1 Å². The lowest BCUT2D eigenvalue weighted by Crippen LogP contribution is -2.36. The molecule has 0 saturated heterocycles. The summed E-state index contributed by atoms with van der Waals surface area (Å²) in [6.07, 6.45) is 0.728. The summed E-state index contributed by atoms with van der Waals surface area (Å²) < 4.78 is 25.6. The average molecular weight is 507 g/mol. The van der Waals surface area contributed by atoms with Crippen molar-refractivity contribution >= 4 is 40.8 Å². The number of nitrogens with zero attached hydrogens (tertiary/aromatic N) is 4. The molecule has 0 fully saturated rings. The minimum absolute atomic E-state index is 0.0448. The lowest BCUT2D eigenvalue weighted by Gasteiger charge is -2.24. The van der Waals surface area contributed by atoms with Gasteiger partial charge in [0.25, 0.3) is 5.91 Å². The lowest BCUT2D eigenvalue weighted by atomic mass is 10.2. The van der Waals surface area contributed by atoms with Crippen LogP contribution in [0.15, 0.2) is 30.5 Å². The van der Waals surface area contributed by atoms with E-state index < -0.39 is 23.4 Å². The van der Waals surface area contributed by atoms with Crippen LogP contribution in [0, 0.1) is 5.82 Å². The number of benzene rings is 1. The molecule has 188 valence electrons. The Kier molecular flexibility index (Phi) is 7.81. The van der Waals surface area contributed by atoms with E-state index in [2.05, 4.69) is 15.4 Å². The molecule has 0 aliphatic heterocycles. The number of nitrogen functional groups attached to an aromatic ring is 1. The molecule has 10 nitrogen and oxygen atoms in total. The van der Waals surface area contributed by atoms with Crippen molar-refractivity contribution in [1.82, 2.24) is 19.9 Å². The summed E-state index contributed by atoms with van der Waals surface area (Å²) in [7, 11) is 1.51. The maximum atomic E-state index is 13.3. The Hall–Kier alpha value is -3.44. The van der Waals surface area contributed by atoms with Crippen molar-refractivity contribution in [3.8, 4) is 0 Å². The first kappa shape index (κ1) is 26.2. The predicted octanol–water partition coefficient (Wildman–Crippen LogP) is 3.81. The fraction of sp³-hybridized carbons (Fsp3) is 0.391. The first-order chi connectivity index (χ1) is 16.4. The first-order valence-corrected chi connectivity index (χ1v) is 11.2. The summed E-state index contributed by atoms with van der Waals surface area (Å²) in [5, 5.41) is 7.11. The van der Waals surface area contributed by atoms with Crippen LogP contribution in [0.25, 0.3) is 5.65 Å². The number of aromatic nitrogens is 3. The van der Waals surface area contributed by atoms with Crippen LogP contribution in [0.2, 0.25) is 5.15 Å². The van der Waals surface area contributed by atoms with Gasteiger partial charge in [-0.05, 0) is 45.4 Å². The van der Waals surface area contributed by atoms with E-state index in [1.54, 1.807) is 33.8 Å². The summed E-state index contributed by atoms with van der Waals surface area (Å²) in [5.41, 5.74) is 5.97. The normalized spacial score (nSPS) is 12.4. The Morgan fingerprint density at radius 1 is 1.31 bits per heavy atom. The Labute approximate surface area is 207 Å². The zero-order valence-electron chi connectivity index (χ0n) is 20.1. The van der Waals surface area contributed by atoms with Crippen LogP contribution in [0.5, 0.6) is 0 Å². The number of anilines is 2. The molecule has 0 aliphatic rings. The van der Waals surface area contributed by atoms with Gasteiger partial charge in [-0.25, -0.2) is 14.2 Å². The second kappa shape index (κ2) is 10.4. The van der Waals surface area contributed by atoms with E-state index in [1.807, 2.05) is 0 Å². The van der Waals surface area contributed by atoms with Gasteiger partial charge in [0.1, 0.15) is 28.0 Å². The van der Waals surface area contributed by atoms with Crippen molar-refractivity contribution in [2.75, 3.05) is 24.3 Å². The molecule has 0 spiro atoms. The highest BCUT2D eigenvalue weighted by Gasteiger charge is 2.25. The maximum Gasteiger partial charge on any atom is 0.415 e. The fourth-order valence-electron chi connectivity index (χ4n) is 3.12. The molecule has 0 saturated carbocycles. The van der Waals surface area contributed by atoms with E-state index in [4.69, 9.17) is 26.8 Å². The minimum atomic E-state index is -0.696. The molecule has 3 aromatic rings. The number of ether oxygens (including phenoxy) is 2. The van der Waals surface area contributed by atoms with E-state index >= 15 is 0 Å². The van der Waals surface area contributed by atoms with Crippen LogP contribution in [0.4, 0.5) is 20.7 Å². The quantitative estimate of drug-likeness (QED) is 0.369. The molecule has 3 rings (SSSR count). The molecule has 2 aromatic heterocycles. The number of carbonyl (C=O) groups is 2. The highest BCUT2D eigenvalue weighted by atomic mass is 35.5. The molecule has 0 bridgehead atoms. The monoisotopic (exact) mass is 506 g/mol. The molecule has 35 heavy (non-hydrogen) atoms. The molecule has 2 heterocycles. The zero-order chi connectivity index (χ0) is 25.9. The van der Waals surface area contributed by atoms with Crippen LogP contribution in [-0.4, -0.2) is 51.9 Å². The highest BCUT2D eigenvalue weighted by molar-refractivity contribution is 6.30. The van der Waals surface area contributed by atoms with Gasteiger partial charge >= 0.3 is 6.09 Å². The van der Waals surface area contributed by atoms with Crippen LogP contribution in [0.1, 0.15) is 43.6 Å². The number of hydrogen-bond acceptors (Lipinski definition) is 7. The van der Waals surface area contributed by atoms with Crippen LogP contribution in [0.3, 0.4) is 0 Å².